The zero-order valence-electron chi connectivity index (χ0n) is 10.2. The van der Waals surface area contributed by atoms with E-state index < -0.39 is 0 Å². The number of nitrogens with two attached hydrogens (primary N) is 1. The summed E-state index contributed by atoms with van der Waals surface area (Å²) in [4.78, 5) is 15.4. The summed E-state index contributed by atoms with van der Waals surface area (Å²) in [6.07, 6.45) is 0. The summed E-state index contributed by atoms with van der Waals surface area (Å²) in [5.74, 6) is 1.02. The summed E-state index contributed by atoms with van der Waals surface area (Å²) in [7, 11) is 1.84. The van der Waals surface area contributed by atoms with Crippen molar-refractivity contribution in [2.24, 2.45) is 5.73 Å². The Hall–Kier alpha value is -1.00. The molecule has 1 aromatic rings. The van der Waals surface area contributed by atoms with Crippen LogP contribution < -0.4 is 5.73 Å². The van der Waals surface area contributed by atoms with Crippen molar-refractivity contribution in [3.63, 3.8) is 0 Å². The fraction of sp³-hybridized carbons (Fsp3) is 0.462. The number of rotatable bonds is 3. The SMILES string of the molecule is CC(CN)N(C)C(=O)C1CSc2ccccc21. The summed E-state index contributed by atoms with van der Waals surface area (Å²) in [5.41, 5.74) is 6.77. The zero-order chi connectivity index (χ0) is 12.4. The van der Waals surface area contributed by atoms with Crippen molar-refractivity contribution < 1.29 is 4.79 Å². The van der Waals surface area contributed by atoms with E-state index in [2.05, 4.69) is 12.1 Å². The number of thioether (sulfide) groups is 1. The molecule has 0 saturated carbocycles. The van der Waals surface area contributed by atoms with Crippen LogP contribution in [0.1, 0.15) is 18.4 Å². The summed E-state index contributed by atoms with van der Waals surface area (Å²) < 4.78 is 0. The average molecular weight is 250 g/mol. The molecule has 0 bridgehead atoms. The van der Waals surface area contributed by atoms with E-state index in [-0.39, 0.29) is 17.9 Å². The van der Waals surface area contributed by atoms with Crippen molar-refractivity contribution >= 4 is 17.7 Å². The van der Waals surface area contributed by atoms with Crippen LogP contribution in [0.3, 0.4) is 0 Å². The van der Waals surface area contributed by atoms with Gasteiger partial charge in [-0.3, -0.25) is 4.79 Å². The lowest BCUT2D eigenvalue weighted by Gasteiger charge is -2.26. The van der Waals surface area contributed by atoms with Crippen LogP contribution in [0.25, 0.3) is 0 Å². The highest BCUT2D eigenvalue weighted by Gasteiger charge is 2.31. The van der Waals surface area contributed by atoms with Gasteiger partial charge in [0.2, 0.25) is 5.91 Å². The molecule has 3 nitrogen and oxygen atoms in total. The minimum absolute atomic E-state index is 0.00444. The number of amides is 1. The highest BCUT2D eigenvalue weighted by molar-refractivity contribution is 7.99. The molecule has 1 amide bonds. The molecular weight excluding hydrogens is 232 g/mol. The van der Waals surface area contributed by atoms with Gasteiger partial charge in [0.15, 0.2) is 0 Å². The number of nitrogens with zero attached hydrogens (tertiary/aromatic N) is 1. The molecule has 0 aromatic heterocycles. The van der Waals surface area contributed by atoms with E-state index >= 15 is 0 Å². The summed E-state index contributed by atoms with van der Waals surface area (Å²) in [6, 6.07) is 8.25. The Balaban J connectivity index is 2.18. The van der Waals surface area contributed by atoms with Crippen molar-refractivity contribution in [3.05, 3.63) is 29.8 Å². The van der Waals surface area contributed by atoms with Crippen molar-refractivity contribution in [1.29, 1.82) is 0 Å². The molecule has 4 heteroatoms. The molecule has 1 aliphatic rings. The monoisotopic (exact) mass is 250 g/mol. The predicted molar refractivity (Wildman–Crippen MR) is 71.2 cm³/mol. The highest BCUT2D eigenvalue weighted by Crippen LogP contribution is 2.40. The van der Waals surface area contributed by atoms with Gasteiger partial charge in [-0.15, -0.1) is 11.8 Å². The van der Waals surface area contributed by atoms with Gasteiger partial charge in [0, 0.05) is 30.3 Å². The van der Waals surface area contributed by atoms with Gasteiger partial charge in [-0.05, 0) is 18.6 Å². The Morgan fingerprint density at radius 1 is 1.59 bits per heavy atom. The van der Waals surface area contributed by atoms with Gasteiger partial charge in [-0.2, -0.15) is 0 Å². The number of hydrogen-bond acceptors (Lipinski definition) is 3. The fourth-order valence-corrected chi connectivity index (χ4v) is 3.21. The molecule has 0 spiro atoms. The molecule has 1 heterocycles. The zero-order valence-corrected chi connectivity index (χ0v) is 11.0. The Morgan fingerprint density at radius 3 is 3.00 bits per heavy atom. The van der Waals surface area contributed by atoms with Gasteiger partial charge in [0.1, 0.15) is 0 Å². The van der Waals surface area contributed by atoms with Crippen LogP contribution in [0.15, 0.2) is 29.2 Å². The van der Waals surface area contributed by atoms with Crippen LogP contribution >= 0.6 is 11.8 Å². The summed E-state index contributed by atoms with van der Waals surface area (Å²) >= 11 is 1.76. The number of likely N-dealkylation sites (N-methyl/N-ethyl adjacent to an activating group) is 1. The minimum atomic E-state index is -0.00444. The lowest BCUT2D eigenvalue weighted by molar-refractivity contribution is -0.132. The first kappa shape index (κ1) is 12.5. The highest BCUT2D eigenvalue weighted by atomic mass is 32.2. The Bertz CT molecular complexity index is 422. The topological polar surface area (TPSA) is 46.3 Å². The molecule has 2 unspecified atom stereocenters. The average Bonchev–Trinajstić information content (AvgIpc) is 2.79. The van der Waals surface area contributed by atoms with Gasteiger partial charge >= 0.3 is 0 Å². The Kier molecular flexibility index (Phi) is 3.74. The Labute approximate surface area is 106 Å². The molecule has 2 atom stereocenters. The maximum absolute atomic E-state index is 12.4. The van der Waals surface area contributed by atoms with E-state index in [1.54, 1.807) is 16.7 Å². The van der Waals surface area contributed by atoms with Crippen molar-refractivity contribution in [1.82, 2.24) is 4.90 Å². The standard InChI is InChI=1S/C13H18N2OS/c1-9(7-14)15(2)13(16)11-8-17-12-6-4-3-5-10(11)12/h3-6,9,11H,7-8,14H2,1-2H3. The molecule has 92 valence electrons. The van der Waals surface area contributed by atoms with E-state index in [0.717, 1.165) is 5.75 Å². The fourth-order valence-electron chi connectivity index (χ4n) is 1.99. The van der Waals surface area contributed by atoms with Crippen LogP contribution in [0.4, 0.5) is 0 Å². The first-order valence-corrected chi connectivity index (χ1v) is 6.82. The predicted octanol–water partition coefficient (Wildman–Crippen LogP) is 1.68. The first-order chi connectivity index (χ1) is 8.15. The Morgan fingerprint density at radius 2 is 2.29 bits per heavy atom. The molecule has 0 aliphatic carbocycles. The van der Waals surface area contributed by atoms with Gasteiger partial charge in [0.05, 0.1) is 5.92 Å². The normalized spacial score (nSPS) is 19.8. The molecule has 17 heavy (non-hydrogen) atoms. The lowest BCUT2D eigenvalue weighted by atomic mass is 9.99. The molecule has 2 N–H and O–H groups in total. The maximum atomic E-state index is 12.4. The molecular formula is C13H18N2OS. The molecule has 1 aromatic carbocycles. The number of carbonyl (C=O) groups is 1. The molecule has 0 saturated heterocycles. The van der Waals surface area contributed by atoms with Crippen molar-refractivity contribution in [3.8, 4) is 0 Å². The first-order valence-electron chi connectivity index (χ1n) is 5.83. The number of hydrogen-bond donors (Lipinski definition) is 1. The second-order valence-electron chi connectivity index (χ2n) is 4.44. The number of fused-ring (bicyclic) bond motifs is 1. The number of benzene rings is 1. The van der Waals surface area contributed by atoms with Crippen LogP contribution in [0.5, 0.6) is 0 Å². The van der Waals surface area contributed by atoms with Crippen molar-refractivity contribution in [2.75, 3.05) is 19.3 Å². The molecule has 0 radical (unpaired) electrons. The molecule has 1 aliphatic heterocycles. The van der Waals surface area contributed by atoms with E-state index in [9.17, 15) is 4.79 Å². The second-order valence-corrected chi connectivity index (χ2v) is 5.50. The van der Waals surface area contributed by atoms with E-state index in [1.165, 1.54) is 10.5 Å². The quantitative estimate of drug-likeness (QED) is 0.888. The third-order valence-corrected chi connectivity index (χ3v) is 4.53. The third kappa shape index (κ3) is 2.33. The lowest BCUT2D eigenvalue weighted by Crippen LogP contribution is -2.42. The van der Waals surface area contributed by atoms with Gasteiger partial charge in [0.25, 0.3) is 0 Å². The van der Waals surface area contributed by atoms with Gasteiger partial charge in [-0.25, -0.2) is 0 Å². The maximum Gasteiger partial charge on any atom is 0.231 e. The summed E-state index contributed by atoms with van der Waals surface area (Å²) in [6.45, 7) is 2.48. The van der Waals surface area contributed by atoms with Crippen LogP contribution in [0.2, 0.25) is 0 Å². The largest absolute Gasteiger partial charge is 0.341 e. The number of carbonyl (C=O) groups excluding carboxylic acids is 1. The van der Waals surface area contributed by atoms with E-state index in [4.69, 9.17) is 5.73 Å². The second kappa shape index (κ2) is 5.10. The van der Waals surface area contributed by atoms with Crippen molar-refractivity contribution in [2.45, 2.75) is 23.8 Å². The van der Waals surface area contributed by atoms with Gasteiger partial charge < -0.3 is 10.6 Å². The summed E-state index contributed by atoms with van der Waals surface area (Å²) in [5, 5.41) is 0. The molecule has 2 rings (SSSR count). The molecule has 0 fully saturated rings. The van der Waals surface area contributed by atoms with E-state index in [1.807, 2.05) is 26.1 Å². The van der Waals surface area contributed by atoms with E-state index in [0.29, 0.717) is 6.54 Å². The smallest absolute Gasteiger partial charge is 0.231 e. The third-order valence-electron chi connectivity index (χ3n) is 3.35. The van der Waals surface area contributed by atoms with Crippen LogP contribution in [-0.2, 0) is 4.79 Å². The minimum Gasteiger partial charge on any atom is -0.341 e. The van der Waals surface area contributed by atoms with Crippen LogP contribution in [0, 0.1) is 0 Å². The van der Waals surface area contributed by atoms with Gasteiger partial charge in [-0.1, -0.05) is 18.2 Å². The van der Waals surface area contributed by atoms with Crippen LogP contribution in [-0.4, -0.2) is 36.2 Å².